The van der Waals surface area contributed by atoms with Gasteiger partial charge >= 0.3 is 0 Å². The fourth-order valence-corrected chi connectivity index (χ4v) is 3.14. The molecule has 7 heteroatoms. The van der Waals surface area contributed by atoms with Crippen molar-refractivity contribution in [1.82, 2.24) is 5.43 Å². The zero-order valence-electron chi connectivity index (χ0n) is 15.2. The normalized spacial score (nSPS) is 15.4. The molecule has 0 aliphatic carbocycles. The molecule has 1 saturated heterocycles. The van der Waals surface area contributed by atoms with E-state index >= 15 is 0 Å². The Bertz CT molecular complexity index is 910. The molecule has 0 bridgehead atoms. The SMILES string of the molecule is COc1cc(Br)cc(/C=C2/C(=O)NN(c3ccccc3)C2=O)c1OC(C)C. The fraction of sp³-hybridized carbons (Fsp3) is 0.200. The van der Waals surface area contributed by atoms with E-state index in [1.54, 1.807) is 36.4 Å². The number of amides is 2. The standard InChI is InChI=1S/C20H19BrN2O4/c1-12(2)27-18-13(9-14(21)11-17(18)26-3)10-16-19(24)22-23(20(16)25)15-7-5-4-6-8-15/h4-12H,1-3H3,(H,22,24)/b16-10-. The maximum absolute atomic E-state index is 12.8. The van der Waals surface area contributed by atoms with Gasteiger partial charge in [0.25, 0.3) is 11.8 Å². The first-order valence-corrected chi connectivity index (χ1v) is 9.16. The quantitative estimate of drug-likeness (QED) is 0.579. The van der Waals surface area contributed by atoms with Crippen molar-refractivity contribution in [2.45, 2.75) is 20.0 Å². The Morgan fingerprint density at radius 2 is 1.85 bits per heavy atom. The molecular formula is C20H19BrN2O4. The highest BCUT2D eigenvalue weighted by atomic mass is 79.9. The second-order valence-electron chi connectivity index (χ2n) is 6.17. The number of carbonyl (C=O) groups is 2. The molecule has 0 unspecified atom stereocenters. The molecule has 140 valence electrons. The Morgan fingerprint density at radius 3 is 2.48 bits per heavy atom. The number of ether oxygens (including phenoxy) is 2. The van der Waals surface area contributed by atoms with Crippen LogP contribution in [0.3, 0.4) is 0 Å². The van der Waals surface area contributed by atoms with Gasteiger partial charge in [0.2, 0.25) is 0 Å². The van der Waals surface area contributed by atoms with Crippen LogP contribution in [0, 0.1) is 0 Å². The van der Waals surface area contributed by atoms with Gasteiger partial charge in [-0.3, -0.25) is 15.0 Å². The number of methoxy groups -OCH3 is 1. The molecule has 1 fully saturated rings. The van der Waals surface area contributed by atoms with Crippen molar-refractivity contribution in [2.75, 3.05) is 12.1 Å². The van der Waals surface area contributed by atoms with E-state index < -0.39 is 11.8 Å². The van der Waals surface area contributed by atoms with Crippen LogP contribution in [0.5, 0.6) is 11.5 Å². The Morgan fingerprint density at radius 1 is 1.15 bits per heavy atom. The van der Waals surface area contributed by atoms with Crippen LogP contribution >= 0.6 is 15.9 Å². The van der Waals surface area contributed by atoms with E-state index in [-0.39, 0.29) is 11.7 Å². The first kappa shape index (κ1) is 19.0. The molecule has 0 atom stereocenters. The van der Waals surface area contributed by atoms with E-state index in [2.05, 4.69) is 21.4 Å². The van der Waals surface area contributed by atoms with E-state index in [1.165, 1.54) is 18.2 Å². The number of nitrogens with zero attached hydrogens (tertiary/aromatic N) is 1. The Labute approximate surface area is 165 Å². The summed E-state index contributed by atoms with van der Waals surface area (Å²) in [6.07, 6.45) is 1.41. The number of carbonyl (C=O) groups excluding carboxylic acids is 2. The van der Waals surface area contributed by atoms with Crippen molar-refractivity contribution in [2.24, 2.45) is 0 Å². The largest absolute Gasteiger partial charge is 0.493 e. The van der Waals surface area contributed by atoms with Gasteiger partial charge in [-0.1, -0.05) is 34.1 Å². The molecule has 0 aromatic heterocycles. The number of para-hydroxylation sites is 1. The van der Waals surface area contributed by atoms with Gasteiger partial charge < -0.3 is 9.47 Å². The molecule has 0 saturated carbocycles. The zero-order valence-corrected chi connectivity index (χ0v) is 16.7. The number of rotatable bonds is 5. The minimum atomic E-state index is -0.474. The third-order valence-electron chi connectivity index (χ3n) is 3.83. The van der Waals surface area contributed by atoms with E-state index in [1.807, 2.05) is 19.9 Å². The number of nitrogens with one attached hydrogen (secondary N) is 1. The molecule has 2 aromatic rings. The summed E-state index contributed by atoms with van der Waals surface area (Å²) >= 11 is 3.42. The summed E-state index contributed by atoms with van der Waals surface area (Å²) < 4.78 is 12.0. The van der Waals surface area contributed by atoms with Crippen LogP contribution in [0.15, 0.2) is 52.5 Å². The van der Waals surface area contributed by atoms with Gasteiger partial charge in [-0.2, -0.15) is 0 Å². The smallest absolute Gasteiger partial charge is 0.282 e. The summed E-state index contributed by atoms with van der Waals surface area (Å²) in [6, 6.07) is 12.5. The molecule has 0 spiro atoms. The lowest BCUT2D eigenvalue weighted by molar-refractivity contribution is -0.117. The summed E-state index contributed by atoms with van der Waals surface area (Å²) in [5, 5.41) is 1.23. The molecule has 2 aromatic carbocycles. The summed E-state index contributed by atoms with van der Waals surface area (Å²) in [5.74, 6) is 0.0802. The van der Waals surface area contributed by atoms with Gasteiger partial charge in [0.1, 0.15) is 5.57 Å². The Kier molecular flexibility index (Phi) is 5.51. The molecule has 1 N–H and O–H groups in total. The minimum Gasteiger partial charge on any atom is -0.493 e. The molecule has 27 heavy (non-hydrogen) atoms. The average Bonchev–Trinajstić information content (AvgIpc) is 2.92. The van der Waals surface area contributed by atoms with Crippen LogP contribution in [0.25, 0.3) is 6.08 Å². The molecule has 3 rings (SSSR count). The summed E-state index contributed by atoms with van der Waals surface area (Å²) in [7, 11) is 1.54. The van der Waals surface area contributed by atoms with Crippen LogP contribution in [-0.4, -0.2) is 25.0 Å². The molecular weight excluding hydrogens is 412 g/mol. The van der Waals surface area contributed by atoms with Crippen molar-refractivity contribution in [3.05, 3.63) is 58.1 Å². The van der Waals surface area contributed by atoms with Crippen molar-refractivity contribution in [3.63, 3.8) is 0 Å². The Hall–Kier alpha value is -2.80. The van der Waals surface area contributed by atoms with Gasteiger partial charge in [0.15, 0.2) is 11.5 Å². The number of halogens is 1. The van der Waals surface area contributed by atoms with Crippen LogP contribution in [0.4, 0.5) is 5.69 Å². The molecule has 6 nitrogen and oxygen atoms in total. The van der Waals surface area contributed by atoms with Crippen LogP contribution in [0.1, 0.15) is 19.4 Å². The first-order chi connectivity index (χ1) is 12.9. The van der Waals surface area contributed by atoms with Crippen molar-refractivity contribution < 1.29 is 19.1 Å². The third-order valence-corrected chi connectivity index (χ3v) is 4.29. The highest BCUT2D eigenvalue weighted by Gasteiger charge is 2.34. The van der Waals surface area contributed by atoms with E-state index in [9.17, 15) is 9.59 Å². The molecule has 2 amide bonds. The van der Waals surface area contributed by atoms with E-state index in [0.717, 1.165) is 4.47 Å². The second kappa shape index (κ2) is 7.84. The highest BCUT2D eigenvalue weighted by molar-refractivity contribution is 9.10. The van der Waals surface area contributed by atoms with Crippen molar-refractivity contribution >= 4 is 39.5 Å². The first-order valence-electron chi connectivity index (χ1n) is 8.37. The van der Waals surface area contributed by atoms with Crippen LogP contribution in [-0.2, 0) is 9.59 Å². The van der Waals surface area contributed by atoms with Gasteiger partial charge in [0, 0.05) is 10.0 Å². The van der Waals surface area contributed by atoms with Crippen LogP contribution in [0.2, 0.25) is 0 Å². The number of hydrogen-bond donors (Lipinski definition) is 1. The van der Waals surface area contributed by atoms with E-state index in [4.69, 9.17) is 9.47 Å². The molecule has 1 aliphatic heterocycles. The minimum absolute atomic E-state index is 0.0209. The summed E-state index contributed by atoms with van der Waals surface area (Å²) in [5.41, 5.74) is 3.77. The fourth-order valence-electron chi connectivity index (χ4n) is 2.68. The van der Waals surface area contributed by atoms with Crippen molar-refractivity contribution in [1.29, 1.82) is 0 Å². The number of benzene rings is 2. The lowest BCUT2D eigenvalue weighted by Crippen LogP contribution is -2.35. The van der Waals surface area contributed by atoms with Gasteiger partial charge in [-0.05, 0) is 44.2 Å². The van der Waals surface area contributed by atoms with Crippen LogP contribution < -0.4 is 19.9 Å². The maximum atomic E-state index is 12.8. The highest BCUT2D eigenvalue weighted by Crippen LogP contribution is 2.37. The molecule has 1 aliphatic rings. The van der Waals surface area contributed by atoms with Crippen molar-refractivity contribution in [3.8, 4) is 11.5 Å². The van der Waals surface area contributed by atoms with Gasteiger partial charge in [-0.25, -0.2) is 5.01 Å². The lowest BCUT2D eigenvalue weighted by Gasteiger charge is -2.17. The van der Waals surface area contributed by atoms with Gasteiger partial charge in [-0.15, -0.1) is 0 Å². The summed E-state index contributed by atoms with van der Waals surface area (Å²) in [4.78, 5) is 25.2. The monoisotopic (exact) mass is 430 g/mol. The predicted molar refractivity (Wildman–Crippen MR) is 107 cm³/mol. The topological polar surface area (TPSA) is 67.9 Å². The van der Waals surface area contributed by atoms with Gasteiger partial charge in [0.05, 0.1) is 18.9 Å². The number of hydrogen-bond acceptors (Lipinski definition) is 4. The predicted octanol–water partition coefficient (Wildman–Crippen LogP) is 3.71. The average molecular weight is 431 g/mol. The zero-order chi connectivity index (χ0) is 19.6. The second-order valence-corrected chi connectivity index (χ2v) is 7.08. The maximum Gasteiger partial charge on any atom is 0.282 e. The van der Waals surface area contributed by atoms with E-state index in [0.29, 0.717) is 22.7 Å². The lowest BCUT2D eigenvalue weighted by atomic mass is 10.1. The summed E-state index contributed by atoms with van der Waals surface area (Å²) in [6.45, 7) is 3.78. The number of anilines is 1. The third kappa shape index (κ3) is 3.98. The Balaban J connectivity index is 2.04. The molecule has 0 radical (unpaired) electrons. The number of hydrazine groups is 1. The molecule has 1 heterocycles.